The zero-order valence-corrected chi connectivity index (χ0v) is 11.2. The molecule has 0 N–H and O–H groups in total. The average Bonchev–Trinajstić information content (AvgIpc) is 2.41. The minimum absolute atomic E-state index is 0.547. The van der Waals surface area contributed by atoms with E-state index in [4.69, 9.17) is 4.43 Å². The molecule has 15 heavy (non-hydrogen) atoms. The number of rotatable bonds is 1. The largest absolute Gasteiger partial charge is 0.414 e. The van der Waals surface area contributed by atoms with Crippen LogP contribution in [-0.4, -0.2) is 14.4 Å². The van der Waals surface area contributed by atoms with Crippen LogP contribution < -0.4 is 0 Å². The molecule has 0 aromatic heterocycles. The summed E-state index contributed by atoms with van der Waals surface area (Å²) < 4.78 is 6.41. The van der Waals surface area contributed by atoms with Crippen molar-refractivity contribution in [2.75, 3.05) is 0 Å². The Morgan fingerprint density at radius 3 is 2.53 bits per heavy atom. The number of allylic oxidation sites excluding steroid dienone is 1. The van der Waals surface area contributed by atoms with Gasteiger partial charge < -0.3 is 4.43 Å². The third-order valence-electron chi connectivity index (χ3n) is 3.79. The van der Waals surface area contributed by atoms with Gasteiger partial charge in [0.25, 0.3) is 0 Å². The summed E-state index contributed by atoms with van der Waals surface area (Å²) in [5, 5.41) is 0. The molecule has 1 nitrogen and oxygen atoms in total. The molecule has 1 atom stereocenters. The van der Waals surface area contributed by atoms with Crippen molar-refractivity contribution < 1.29 is 4.43 Å². The van der Waals surface area contributed by atoms with Gasteiger partial charge in [0.2, 0.25) is 0 Å². The van der Waals surface area contributed by atoms with E-state index in [1.807, 2.05) is 0 Å². The quantitative estimate of drug-likeness (QED) is 0.481. The molecular formula is C13H24OSi. The maximum absolute atomic E-state index is 6.41. The van der Waals surface area contributed by atoms with Crippen LogP contribution in [0.5, 0.6) is 0 Å². The summed E-state index contributed by atoms with van der Waals surface area (Å²) in [6.07, 6.45) is 13.5. The minimum atomic E-state index is -1.37. The maximum Gasteiger partial charge on any atom is 0.190 e. The van der Waals surface area contributed by atoms with Gasteiger partial charge in [-0.25, -0.2) is 0 Å². The molecule has 0 amide bonds. The fourth-order valence-electron chi connectivity index (χ4n) is 2.90. The lowest BCUT2D eigenvalue weighted by atomic mass is 9.84. The fourth-order valence-corrected chi connectivity index (χ4v) is 4.84. The lowest BCUT2D eigenvalue weighted by Crippen LogP contribution is -2.37. The van der Waals surface area contributed by atoms with Crippen LogP contribution in [0.2, 0.25) is 19.1 Å². The molecule has 1 unspecified atom stereocenters. The van der Waals surface area contributed by atoms with Crippen LogP contribution in [0.3, 0.4) is 0 Å². The predicted molar refractivity (Wildman–Crippen MR) is 67.5 cm³/mol. The Balaban J connectivity index is 1.97. The Kier molecular flexibility index (Phi) is 3.67. The molecule has 0 radical (unpaired) electrons. The molecule has 0 saturated heterocycles. The molecule has 1 aliphatic heterocycles. The Labute approximate surface area is 95.0 Å². The summed E-state index contributed by atoms with van der Waals surface area (Å²) in [5.74, 6) is 0.855. The van der Waals surface area contributed by atoms with Gasteiger partial charge in [0.15, 0.2) is 8.32 Å². The highest BCUT2D eigenvalue weighted by Crippen LogP contribution is 2.33. The molecule has 0 aromatic carbocycles. The van der Waals surface area contributed by atoms with Crippen LogP contribution in [0, 0.1) is 5.92 Å². The molecule has 0 bridgehead atoms. The van der Waals surface area contributed by atoms with E-state index in [2.05, 4.69) is 25.2 Å². The Morgan fingerprint density at radius 2 is 1.80 bits per heavy atom. The van der Waals surface area contributed by atoms with Gasteiger partial charge in [-0.15, -0.1) is 0 Å². The SMILES string of the molecule is C[Si]1(C)CC=CCC(C2CCCCC2)O1. The summed E-state index contributed by atoms with van der Waals surface area (Å²) in [6.45, 7) is 4.72. The van der Waals surface area contributed by atoms with Crippen molar-refractivity contribution in [1.82, 2.24) is 0 Å². The van der Waals surface area contributed by atoms with E-state index in [9.17, 15) is 0 Å². The first kappa shape index (κ1) is 11.4. The van der Waals surface area contributed by atoms with Crippen molar-refractivity contribution in [3.8, 4) is 0 Å². The van der Waals surface area contributed by atoms with Crippen LogP contribution in [0.4, 0.5) is 0 Å². The number of hydrogen-bond donors (Lipinski definition) is 0. The summed E-state index contributed by atoms with van der Waals surface area (Å²) in [7, 11) is -1.37. The highest BCUT2D eigenvalue weighted by Gasteiger charge is 2.31. The summed E-state index contributed by atoms with van der Waals surface area (Å²) in [6, 6.07) is 1.20. The lowest BCUT2D eigenvalue weighted by Gasteiger charge is -2.34. The van der Waals surface area contributed by atoms with Gasteiger partial charge in [0.05, 0.1) is 6.10 Å². The lowest BCUT2D eigenvalue weighted by molar-refractivity contribution is 0.104. The van der Waals surface area contributed by atoms with Gasteiger partial charge in [-0.1, -0.05) is 31.4 Å². The zero-order chi connectivity index (χ0) is 10.7. The third kappa shape index (κ3) is 3.18. The predicted octanol–water partition coefficient (Wildman–Crippen LogP) is 4.12. The van der Waals surface area contributed by atoms with Crippen LogP contribution in [0.1, 0.15) is 38.5 Å². The highest BCUT2D eigenvalue weighted by atomic mass is 28.4. The number of hydrogen-bond acceptors (Lipinski definition) is 1. The summed E-state index contributed by atoms with van der Waals surface area (Å²) in [5.41, 5.74) is 0. The van der Waals surface area contributed by atoms with Gasteiger partial charge in [-0.2, -0.15) is 0 Å². The minimum Gasteiger partial charge on any atom is -0.414 e. The Bertz CT molecular complexity index is 229. The smallest absolute Gasteiger partial charge is 0.190 e. The first-order valence-electron chi connectivity index (χ1n) is 6.50. The van der Waals surface area contributed by atoms with E-state index in [0.29, 0.717) is 6.10 Å². The molecule has 0 spiro atoms. The highest BCUT2D eigenvalue weighted by molar-refractivity contribution is 6.71. The molecular weight excluding hydrogens is 200 g/mol. The van der Waals surface area contributed by atoms with Crippen molar-refractivity contribution >= 4 is 8.32 Å². The summed E-state index contributed by atoms with van der Waals surface area (Å²) >= 11 is 0. The molecule has 0 aromatic rings. The molecule has 1 saturated carbocycles. The maximum atomic E-state index is 6.41. The van der Waals surface area contributed by atoms with Crippen LogP contribution in [0.25, 0.3) is 0 Å². The first-order valence-corrected chi connectivity index (χ1v) is 9.62. The Hall–Kier alpha value is -0.0831. The summed E-state index contributed by atoms with van der Waals surface area (Å²) in [4.78, 5) is 0. The van der Waals surface area contributed by atoms with E-state index in [0.717, 1.165) is 5.92 Å². The second kappa shape index (κ2) is 4.83. The molecule has 86 valence electrons. The second-order valence-electron chi connectivity index (χ2n) is 5.73. The molecule has 2 heteroatoms. The van der Waals surface area contributed by atoms with E-state index in [-0.39, 0.29) is 0 Å². The fraction of sp³-hybridized carbons (Fsp3) is 0.846. The van der Waals surface area contributed by atoms with Crippen molar-refractivity contribution in [1.29, 1.82) is 0 Å². The van der Waals surface area contributed by atoms with E-state index in [1.54, 1.807) is 0 Å². The van der Waals surface area contributed by atoms with Crippen LogP contribution in [0.15, 0.2) is 12.2 Å². The van der Waals surface area contributed by atoms with E-state index in [1.165, 1.54) is 44.6 Å². The third-order valence-corrected chi connectivity index (χ3v) is 5.95. The van der Waals surface area contributed by atoms with Gasteiger partial charge in [-0.3, -0.25) is 0 Å². The van der Waals surface area contributed by atoms with Crippen molar-refractivity contribution in [2.45, 2.75) is 63.8 Å². The van der Waals surface area contributed by atoms with Crippen LogP contribution >= 0.6 is 0 Å². The zero-order valence-electron chi connectivity index (χ0n) is 10.2. The van der Waals surface area contributed by atoms with E-state index < -0.39 is 8.32 Å². The normalized spacial score (nSPS) is 32.5. The molecule has 2 aliphatic rings. The van der Waals surface area contributed by atoms with Crippen molar-refractivity contribution in [3.05, 3.63) is 12.2 Å². The topological polar surface area (TPSA) is 9.23 Å². The van der Waals surface area contributed by atoms with Crippen molar-refractivity contribution in [2.24, 2.45) is 5.92 Å². The van der Waals surface area contributed by atoms with Gasteiger partial charge >= 0.3 is 0 Å². The molecule has 1 heterocycles. The van der Waals surface area contributed by atoms with Gasteiger partial charge in [0, 0.05) is 0 Å². The van der Waals surface area contributed by atoms with Gasteiger partial charge in [-0.05, 0) is 44.3 Å². The average molecular weight is 224 g/mol. The monoisotopic (exact) mass is 224 g/mol. The van der Waals surface area contributed by atoms with Crippen LogP contribution in [-0.2, 0) is 4.43 Å². The Morgan fingerprint density at radius 1 is 1.07 bits per heavy atom. The molecule has 1 fully saturated rings. The molecule has 1 aliphatic carbocycles. The molecule has 2 rings (SSSR count). The van der Waals surface area contributed by atoms with E-state index >= 15 is 0 Å². The second-order valence-corrected chi connectivity index (χ2v) is 9.89. The standard InChI is InChI=1S/C13H24OSi/c1-15(2)11-7-6-10-13(14-15)12-8-4-3-5-9-12/h6-7,12-13H,3-5,8-11H2,1-2H3. The van der Waals surface area contributed by atoms with Gasteiger partial charge in [0.1, 0.15) is 0 Å². The van der Waals surface area contributed by atoms with Crippen molar-refractivity contribution in [3.63, 3.8) is 0 Å². The first-order chi connectivity index (χ1) is 7.17.